The largest absolute Gasteiger partial charge is 0.295 e. The molecule has 0 saturated carbocycles. The average molecular weight is 252 g/mol. The molecule has 0 amide bonds. The van der Waals surface area contributed by atoms with Crippen LogP contribution in [0.15, 0.2) is 60.7 Å². The van der Waals surface area contributed by atoms with E-state index in [0.29, 0.717) is 0 Å². The van der Waals surface area contributed by atoms with E-state index in [1.165, 1.54) is 11.1 Å². The third-order valence-corrected chi connectivity index (χ3v) is 2.53. The van der Waals surface area contributed by atoms with E-state index in [4.69, 9.17) is 0 Å². The van der Waals surface area contributed by atoms with Gasteiger partial charge in [0.15, 0.2) is 5.78 Å². The maximum atomic E-state index is 10.8. The molecular formula is C18H20O. The van der Waals surface area contributed by atoms with Crippen molar-refractivity contribution in [3.8, 4) is 11.1 Å². The molecule has 0 bridgehead atoms. The first-order valence-corrected chi connectivity index (χ1v) is 6.60. The lowest BCUT2D eigenvalue weighted by atomic mass is 10.0. The van der Waals surface area contributed by atoms with E-state index < -0.39 is 0 Å². The number of rotatable bonds is 3. The number of ketones is 1. The molecule has 0 aliphatic rings. The highest BCUT2D eigenvalue weighted by Crippen LogP contribution is 2.19. The molecule has 1 nitrogen and oxygen atoms in total. The zero-order chi connectivity index (χ0) is 14.1. The van der Waals surface area contributed by atoms with Crippen LogP contribution in [-0.2, 0) is 4.79 Å². The smallest absolute Gasteiger partial charge is 0.152 e. The van der Waals surface area contributed by atoms with Crippen LogP contribution in [0.1, 0.15) is 26.3 Å². The maximum Gasteiger partial charge on any atom is 0.152 e. The van der Waals surface area contributed by atoms with Crippen molar-refractivity contribution in [2.45, 2.75) is 20.8 Å². The van der Waals surface area contributed by atoms with Gasteiger partial charge in [-0.2, -0.15) is 0 Å². The van der Waals surface area contributed by atoms with E-state index in [1.807, 2.05) is 50.3 Å². The van der Waals surface area contributed by atoms with Crippen molar-refractivity contribution in [3.05, 3.63) is 66.2 Å². The maximum absolute atomic E-state index is 10.8. The lowest BCUT2D eigenvalue weighted by Crippen LogP contribution is -1.81. The summed E-state index contributed by atoms with van der Waals surface area (Å²) in [5.74, 6) is 0.0668. The van der Waals surface area contributed by atoms with Gasteiger partial charge in [-0.15, -0.1) is 0 Å². The van der Waals surface area contributed by atoms with Crippen LogP contribution in [0.25, 0.3) is 17.2 Å². The van der Waals surface area contributed by atoms with Crippen molar-refractivity contribution >= 4 is 11.9 Å². The van der Waals surface area contributed by atoms with Gasteiger partial charge >= 0.3 is 0 Å². The van der Waals surface area contributed by atoms with Crippen LogP contribution in [0.2, 0.25) is 0 Å². The third kappa shape index (κ3) is 4.92. The summed E-state index contributed by atoms with van der Waals surface area (Å²) in [4.78, 5) is 10.8. The van der Waals surface area contributed by atoms with E-state index >= 15 is 0 Å². The normalized spacial score (nSPS) is 9.84. The van der Waals surface area contributed by atoms with Crippen LogP contribution >= 0.6 is 0 Å². The van der Waals surface area contributed by atoms with Crippen LogP contribution < -0.4 is 0 Å². The minimum Gasteiger partial charge on any atom is -0.295 e. The van der Waals surface area contributed by atoms with Gasteiger partial charge < -0.3 is 0 Å². The fourth-order valence-corrected chi connectivity index (χ4v) is 1.63. The highest BCUT2D eigenvalue weighted by atomic mass is 16.1. The Kier molecular flexibility index (Phi) is 6.31. The van der Waals surface area contributed by atoms with Crippen molar-refractivity contribution < 1.29 is 4.79 Å². The summed E-state index contributed by atoms with van der Waals surface area (Å²) in [6.07, 6.45) is 3.41. The quantitative estimate of drug-likeness (QED) is 0.704. The second-order valence-corrected chi connectivity index (χ2v) is 3.93. The Labute approximate surface area is 115 Å². The molecule has 0 radical (unpaired) electrons. The van der Waals surface area contributed by atoms with Gasteiger partial charge in [0.05, 0.1) is 0 Å². The zero-order valence-electron chi connectivity index (χ0n) is 11.8. The Bertz CT molecular complexity index is 521. The molecule has 0 heterocycles. The summed E-state index contributed by atoms with van der Waals surface area (Å²) in [7, 11) is 0. The number of allylic oxidation sites excluding steroid dienone is 1. The molecule has 98 valence electrons. The molecule has 0 aliphatic heterocycles. The zero-order valence-corrected chi connectivity index (χ0v) is 11.8. The SMILES string of the molecule is CC.CC(=O)/C=C/c1ccc(-c2ccccc2)cc1. The molecule has 2 aromatic rings. The molecule has 0 unspecified atom stereocenters. The molecule has 1 heteroatoms. The Morgan fingerprint density at radius 1 is 0.842 bits per heavy atom. The summed E-state index contributed by atoms with van der Waals surface area (Å²) in [6.45, 7) is 5.55. The molecule has 19 heavy (non-hydrogen) atoms. The highest BCUT2D eigenvalue weighted by Gasteiger charge is 1.95. The lowest BCUT2D eigenvalue weighted by Gasteiger charge is -2.01. The Morgan fingerprint density at radius 2 is 1.37 bits per heavy atom. The van der Waals surface area contributed by atoms with Gasteiger partial charge in [0.25, 0.3) is 0 Å². The summed E-state index contributed by atoms with van der Waals surface area (Å²) in [5.41, 5.74) is 3.43. The Balaban J connectivity index is 0.000000861. The van der Waals surface area contributed by atoms with Gasteiger partial charge in [-0.05, 0) is 29.7 Å². The van der Waals surface area contributed by atoms with Crippen LogP contribution in [0, 0.1) is 0 Å². The van der Waals surface area contributed by atoms with Crippen molar-refractivity contribution in [1.82, 2.24) is 0 Å². The van der Waals surface area contributed by atoms with Crippen LogP contribution in [0.4, 0.5) is 0 Å². The topological polar surface area (TPSA) is 17.1 Å². The summed E-state index contributed by atoms with van der Waals surface area (Å²) in [5, 5.41) is 0. The Hall–Kier alpha value is -2.15. The molecular weight excluding hydrogens is 232 g/mol. The predicted octanol–water partition coefficient (Wildman–Crippen LogP) is 4.98. The molecule has 0 aromatic heterocycles. The summed E-state index contributed by atoms with van der Waals surface area (Å²) >= 11 is 0. The third-order valence-electron chi connectivity index (χ3n) is 2.53. The first kappa shape index (κ1) is 14.9. The second kappa shape index (κ2) is 8.04. The van der Waals surface area contributed by atoms with Crippen LogP contribution in [0.5, 0.6) is 0 Å². The van der Waals surface area contributed by atoms with Crippen molar-refractivity contribution in [1.29, 1.82) is 0 Å². The Morgan fingerprint density at radius 3 is 1.89 bits per heavy atom. The van der Waals surface area contributed by atoms with E-state index in [1.54, 1.807) is 13.0 Å². The fourth-order valence-electron chi connectivity index (χ4n) is 1.63. The first-order chi connectivity index (χ1) is 9.25. The number of carbonyl (C=O) groups excluding carboxylic acids is 1. The highest BCUT2D eigenvalue weighted by molar-refractivity contribution is 5.91. The molecule has 2 aromatic carbocycles. The molecule has 2 rings (SSSR count). The average Bonchev–Trinajstić information content (AvgIpc) is 2.49. The molecule has 0 atom stereocenters. The minimum atomic E-state index is 0.0668. The second-order valence-electron chi connectivity index (χ2n) is 3.93. The van der Waals surface area contributed by atoms with Gasteiger partial charge in [0, 0.05) is 0 Å². The molecule has 0 saturated heterocycles. The lowest BCUT2D eigenvalue weighted by molar-refractivity contribution is -0.112. The summed E-state index contributed by atoms with van der Waals surface area (Å²) < 4.78 is 0. The molecule has 0 spiro atoms. The van der Waals surface area contributed by atoms with E-state index in [-0.39, 0.29) is 5.78 Å². The number of carbonyl (C=O) groups is 1. The van der Waals surface area contributed by atoms with Crippen LogP contribution in [-0.4, -0.2) is 5.78 Å². The van der Waals surface area contributed by atoms with Gasteiger partial charge in [0.1, 0.15) is 0 Å². The van der Waals surface area contributed by atoms with E-state index in [2.05, 4.69) is 24.3 Å². The van der Waals surface area contributed by atoms with Gasteiger partial charge in [-0.25, -0.2) is 0 Å². The first-order valence-electron chi connectivity index (χ1n) is 6.60. The number of hydrogen-bond donors (Lipinski definition) is 0. The number of hydrogen-bond acceptors (Lipinski definition) is 1. The monoisotopic (exact) mass is 252 g/mol. The standard InChI is InChI=1S/C16H14O.C2H6/c1-13(17)7-8-14-9-11-16(12-10-14)15-5-3-2-4-6-15;1-2/h2-12H,1H3;1-2H3/b8-7+;. The van der Waals surface area contributed by atoms with Crippen molar-refractivity contribution in [3.63, 3.8) is 0 Å². The molecule has 0 N–H and O–H groups in total. The van der Waals surface area contributed by atoms with Gasteiger partial charge in [-0.1, -0.05) is 74.5 Å². The fraction of sp³-hybridized carbons (Fsp3) is 0.167. The van der Waals surface area contributed by atoms with Crippen LogP contribution in [0.3, 0.4) is 0 Å². The van der Waals surface area contributed by atoms with E-state index in [9.17, 15) is 4.79 Å². The van der Waals surface area contributed by atoms with E-state index in [0.717, 1.165) is 5.56 Å². The van der Waals surface area contributed by atoms with Gasteiger partial charge in [-0.3, -0.25) is 4.79 Å². The minimum absolute atomic E-state index is 0.0668. The van der Waals surface area contributed by atoms with Crippen molar-refractivity contribution in [2.24, 2.45) is 0 Å². The van der Waals surface area contributed by atoms with Crippen molar-refractivity contribution in [2.75, 3.05) is 0 Å². The molecule has 0 aliphatic carbocycles. The van der Waals surface area contributed by atoms with Gasteiger partial charge in [0.2, 0.25) is 0 Å². The predicted molar refractivity (Wildman–Crippen MR) is 82.9 cm³/mol. The molecule has 0 fully saturated rings. The summed E-state index contributed by atoms with van der Waals surface area (Å²) in [6, 6.07) is 18.4. The number of benzene rings is 2.